The highest BCUT2D eigenvalue weighted by Crippen LogP contribution is 2.26. The minimum absolute atomic E-state index is 0.0828. The lowest BCUT2D eigenvalue weighted by Crippen LogP contribution is -2.26. The molecule has 0 saturated heterocycles. The lowest BCUT2D eigenvalue weighted by molar-refractivity contribution is 0.200. The van der Waals surface area contributed by atoms with Crippen LogP contribution in [0.5, 0.6) is 11.5 Å². The van der Waals surface area contributed by atoms with Crippen molar-refractivity contribution in [1.82, 2.24) is 0 Å². The average molecular weight is 394 g/mol. The Morgan fingerprint density at radius 1 is 1.32 bits per heavy atom. The molecule has 19 heavy (non-hydrogen) atoms. The van der Waals surface area contributed by atoms with Crippen molar-refractivity contribution in [2.75, 3.05) is 11.5 Å². The third-order valence-electron chi connectivity index (χ3n) is 3.09. The molecule has 1 aromatic carbocycles. The lowest BCUT2D eigenvalue weighted by Gasteiger charge is -2.20. The fourth-order valence-electron chi connectivity index (χ4n) is 1.96. The number of hydrogen-bond donors (Lipinski definition) is 0. The maximum atomic E-state index is 6.40. The third kappa shape index (κ3) is 4.24. The van der Waals surface area contributed by atoms with E-state index in [0.717, 1.165) is 28.8 Å². The molecule has 0 spiro atoms. The number of ether oxygens (including phenoxy) is 2. The number of alkyl halides is 2. The summed E-state index contributed by atoms with van der Waals surface area (Å²) >= 11 is 8.80. The number of methoxy groups -OCH3 is 1. The highest BCUT2D eigenvalue weighted by molar-refractivity contribution is 14.1. The molecule has 1 heterocycles. The van der Waals surface area contributed by atoms with Gasteiger partial charge in [0.1, 0.15) is 11.5 Å². The van der Waals surface area contributed by atoms with Crippen molar-refractivity contribution in [1.29, 1.82) is 0 Å². The fraction of sp³-hybridized carbons (Fsp3) is 0.500. The third-order valence-corrected chi connectivity index (χ3v) is 4.73. The topological polar surface area (TPSA) is 30.8 Å². The van der Waals surface area contributed by atoms with Gasteiger partial charge >= 0.3 is 0 Å². The van der Waals surface area contributed by atoms with Gasteiger partial charge in [0.05, 0.1) is 12.5 Å². The van der Waals surface area contributed by atoms with Crippen LogP contribution in [0, 0.1) is 5.92 Å². The summed E-state index contributed by atoms with van der Waals surface area (Å²) in [6, 6.07) is 7.48. The van der Waals surface area contributed by atoms with E-state index in [1.807, 2.05) is 30.5 Å². The van der Waals surface area contributed by atoms with Crippen LogP contribution in [0.15, 0.2) is 29.3 Å². The molecule has 1 aliphatic rings. The predicted molar refractivity (Wildman–Crippen MR) is 87.2 cm³/mol. The first kappa shape index (κ1) is 14.9. The van der Waals surface area contributed by atoms with Crippen LogP contribution < -0.4 is 9.47 Å². The van der Waals surface area contributed by atoms with Crippen LogP contribution in [0.1, 0.15) is 12.8 Å². The predicted octanol–water partition coefficient (Wildman–Crippen LogP) is 3.92. The van der Waals surface area contributed by atoms with Crippen molar-refractivity contribution in [3.8, 4) is 11.5 Å². The first-order valence-electron chi connectivity index (χ1n) is 6.25. The van der Waals surface area contributed by atoms with E-state index in [9.17, 15) is 0 Å². The highest BCUT2D eigenvalue weighted by atomic mass is 127. The van der Waals surface area contributed by atoms with E-state index in [-0.39, 0.29) is 11.6 Å². The molecule has 0 saturated carbocycles. The molecule has 3 atom stereocenters. The van der Waals surface area contributed by atoms with Gasteiger partial charge in [-0.2, -0.15) is 0 Å². The molecule has 104 valence electrons. The monoisotopic (exact) mass is 393 g/mol. The second kappa shape index (κ2) is 7.33. The van der Waals surface area contributed by atoms with E-state index in [1.54, 1.807) is 7.11 Å². The maximum absolute atomic E-state index is 6.40. The van der Waals surface area contributed by atoms with Crippen molar-refractivity contribution >= 4 is 40.4 Å². The van der Waals surface area contributed by atoms with Crippen molar-refractivity contribution < 1.29 is 9.47 Å². The summed E-state index contributed by atoms with van der Waals surface area (Å²) < 4.78 is 12.1. The molecule has 0 N–H and O–H groups in total. The Balaban J connectivity index is 2.01. The summed E-state index contributed by atoms with van der Waals surface area (Å²) in [4.78, 5) is 4.43. The molecule has 3 nitrogen and oxygen atoms in total. The molecule has 2 rings (SSSR count). The van der Waals surface area contributed by atoms with Gasteiger partial charge in [-0.1, -0.05) is 22.6 Å². The zero-order valence-electron chi connectivity index (χ0n) is 10.8. The molecule has 0 amide bonds. The maximum Gasteiger partial charge on any atom is 0.205 e. The van der Waals surface area contributed by atoms with E-state index >= 15 is 0 Å². The first-order chi connectivity index (χ1) is 9.22. The van der Waals surface area contributed by atoms with E-state index in [0.29, 0.717) is 5.92 Å². The number of benzene rings is 1. The highest BCUT2D eigenvalue weighted by Gasteiger charge is 2.25. The SMILES string of the molecule is COc1ccc(OC2N=CC[C@@H](CI)C[C@H]2Cl)cc1. The molecular weight excluding hydrogens is 377 g/mol. The molecule has 0 aliphatic carbocycles. The van der Waals surface area contributed by atoms with Gasteiger partial charge in [0.15, 0.2) is 0 Å². The zero-order chi connectivity index (χ0) is 13.7. The van der Waals surface area contributed by atoms with Crippen LogP contribution in [-0.4, -0.2) is 29.4 Å². The Bertz CT molecular complexity index is 424. The molecular formula is C14H17ClINO2. The Hall–Kier alpha value is -0.490. The van der Waals surface area contributed by atoms with Gasteiger partial charge in [-0.25, -0.2) is 0 Å². The summed E-state index contributed by atoms with van der Waals surface area (Å²) in [5.74, 6) is 2.17. The van der Waals surface area contributed by atoms with Gasteiger partial charge in [-0.15, -0.1) is 11.6 Å². The molecule has 1 aliphatic heterocycles. The summed E-state index contributed by atoms with van der Waals surface area (Å²) in [6.45, 7) is 0. The zero-order valence-corrected chi connectivity index (χ0v) is 13.7. The Morgan fingerprint density at radius 2 is 2.00 bits per heavy atom. The second-order valence-corrected chi connectivity index (χ2v) is 5.96. The van der Waals surface area contributed by atoms with Crippen molar-refractivity contribution in [2.24, 2.45) is 10.9 Å². The summed E-state index contributed by atoms with van der Waals surface area (Å²) in [7, 11) is 1.64. The minimum Gasteiger partial charge on any atom is -0.497 e. The van der Waals surface area contributed by atoms with Gasteiger partial charge in [0, 0.05) is 10.6 Å². The summed E-state index contributed by atoms with van der Waals surface area (Å²) in [5.41, 5.74) is 0. The van der Waals surface area contributed by atoms with Crippen LogP contribution in [0.4, 0.5) is 0 Å². The van der Waals surface area contributed by atoms with Gasteiger partial charge in [0.25, 0.3) is 0 Å². The van der Waals surface area contributed by atoms with E-state index < -0.39 is 0 Å². The Morgan fingerprint density at radius 3 is 2.63 bits per heavy atom. The summed E-state index contributed by atoms with van der Waals surface area (Å²) in [6.07, 6.45) is 3.56. The molecule has 1 unspecified atom stereocenters. The van der Waals surface area contributed by atoms with Crippen LogP contribution in [0.25, 0.3) is 0 Å². The van der Waals surface area contributed by atoms with E-state index in [1.165, 1.54) is 0 Å². The lowest BCUT2D eigenvalue weighted by atomic mass is 10.0. The first-order valence-corrected chi connectivity index (χ1v) is 8.21. The minimum atomic E-state index is -0.303. The number of hydrogen-bond acceptors (Lipinski definition) is 3. The van der Waals surface area contributed by atoms with E-state index in [4.69, 9.17) is 21.1 Å². The average Bonchev–Trinajstić information content (AvgIpc) is 2.62. The second-order valence-electron chi connectivity index (χ2n) is 4.52. The van der Waals surface area contributed by atoms with Crippen LogP contribution in [0.2, 0.25) is 0 Å². The Kier molecular flexibility index (Phi) is 5.76. The smallest absolute Gasteiger partial charge is 0.205 e. The normalized spacial score (nSPS) is 26.8. The molecule has 0 radical (unpaired) electrons. The van der Waals surface area contributed by atoms with Crippen molar-refractivity contribution in [2.45, 2.75) is 24.4 Å². The standard InChI is InChI=1S/C14H17ClINO2/c1-18-11-2-4-12(5-3-11)19-14-13(15)8-10(9-16)6-7-17-14/h2-5,7,10,13-14H,6,8-9H2,1H3/t10-,13-,14?/m1/s1. The molecule has 1 aromatic rings. The Labute approximate surface area is 132 Å². The van der Waals surface area contributed by atoms with Crippen LogP contribution >= 0.6 is 34.2 Å². The molecule has 0 bridgehead atoms. The number of nitrogens with zero attached hydrogens (tertiary/aromatic N) is 1. The van der Waals surface area contributed by atoms with Gasteiger partial charge < -0.3 is 9.47 Å². The van der Waals surface area contributed by atoms with E-state index in [2.05, 4.69) is 27.6 Å². The molecule has 0 fully saturated rings. The molecule has 5 heteroatoms. The quantitative estimate of drug-likeness (QED) is 0.573. The number of halogens is 2. The molecule has 0 aromatic heterocycles. The number of aliphatic imine (C=N–C) groups is 1. The van der Waals surface area contributed by atoms with Crippen LogP contribution in [-0.2, 0) is 0 Å². The van der Waals surface area contributed by atoms with Gasteiger partial charge in [-0.05, 0) is 43.0 Å². The van der Waals surface area contributed by atoms with Crippen molar-refractivity contribution in [3.05, 3.63) is 24.3 Å². The largest absolute Gasteiger partial charge is 0.497 e. The van der Waals surface area contributed by atoms with Gasteiger partial charge in [-0.3, -0.25) is 4.99 Å². The van der Waals surface area contributed by atoms with Gasteiger partial charge in [0.2, 0.25) is 6.23 Å². The number of rotatable bonds is 4. The summed E-state index contributed by atoms with van der Waals surface area (Å²) in [5, 5.41) is -0.0828. The van der Waals surface area contributed by atoms with Crippen LogP contribution in [0.3, 0.4) is 0 Å². The van der Waals surface area contributed by atoms with Crippen molar-refractivity contribution in [3.63, 3.8) is 0 Å². The fourth-order valence-corrected chi connectivity index (χ4v) is 3.05.